The third-order valence-corrected chi connectivity index (χ3v) is 16.4. The molecule has 1 atom stereocenters. The summed E-state index contributed by atoms with van der Waals surface area (Å²) in [6.07, 6.45) is 12.9. The van der Waals surface area contributed by atoms with Crippen LogP contribution in [-0.2, 0) is 12.8 Å². The summed E-state index contributed by atoms with van der Waals surface area (Å²) in [4.78, 5) is 10.5. The number of aromatic nitrogens is 1. The van der Waals surface area contributed by atoms with Crippen LogP contribution in [0.4, 0.5) is 5.73 Å². The van der Waals surface area contributed by atoms with Gasteiger partial charge in [-0.1, -0.05) is 0 Å². The van der Waals surface area contributed by atoms with Crippen LogP contribution in [0.5, 0.6) is 0 Å². The second-order valence-corrected chi connectivity index (χ2v) is 17.6. The summed E-state index contributed by atoms with van der Waals surface area (Å²) in [5.41, 5.74) is 14.9. The molecule has 1 aromatic heterocycles. The first-order chi connectivity index (χ1) is 20.7. The molecule has 7 heteroatoms. The molecule has 0 spiro atoms. The van der Waals surface area contributed by atoms with Crippen LogP contribution in [-0.4, -0.2) is 43.4 Å². The zero-order chi connectivity index (χ0) is 30.8. The first-order valence-corrected chi connectivity index (χ1v) is 21.4. The predicted octanol–water partition coefficient (Wildman–Crippen LogP) is 9.76. The van der Waals surface area contributed by atoms with Gasteiger partial charge in [0.25, 0.3) is 0 Å². The van der Waals surface area contributed by atoms with Crippen molar-refractivity contribution in [1.82, 2.24) is 5.91 Å². The van der Waals surface area contributed by atoms with Crippen LogP contribution in [0, 0.1) is 0 Å². The predicted molar refractivity (Wildman–Crippen MR) is 179 cm³/mol. The van der Waals surface area contributed by atoms with Crippen LogP contribution >= 0.6 is 0 Å². The Hall–Kier alpha value is -2.48. The van der Waals surface area contributed by atoms with Gasteiger partial charge in [-0.15, -0.1) is 0 Å². The van der Waals surface area contributed by atoms with Gasteiger partial charge in [0.05, 0.1) is 0 Å². The van der Waals surface area contributed by atoms with E-state index in [0.717, 1.165) is 89.3 Å². The third kappa shape index (κ3) is 4.32. The average Bonchev–Trinajstić information content (AvgIpc) is 3.69. The van der Waals surface area contributed by atoms with Gasteiger partial charge in [-0.3, -0.25) is 0 Å². The Labute approximate surface area is 262 Å². The van der Waals surface area contributed by atoms with Crippen LogP contribution in [0.1, 0.15) is 123 Å². The molecule has 6 heterocycles. The van der Waals surface area contributed by atoms with E-state index in [2.05, 4.69) is 55.4 Å². The van der Waals surface area contributed by atoms with Crippen LogP contribution in [0.2, 0.25) is 0 Å². The van der Waals surface area contributed by atoms with Crippen molar-refractivity contribution in [2.75, 3.05) is 0 Å². The van der Waals surface area contributed by atoms with E-state index in [-0.39, 0.29) is 0 Å². The number of hydrogen-bond acceptors (Lipinski definition) is 3. The summed E-state index contributed by atoms with van der Waals surface area (Å²) >= 11 is -6.41. The number of aliphatic imine (C=N–C) groups is 2. The van der Waals surface area contributed by atoms with Gasteiger partial charge in [-0.25, -0.2) is 0 Å². The topological polar surface area (TPSA) is 32.9 Å². The summed E-state index contributed by atoms with van der Waals surface area (Å²) in [5, 5.41) is 0. The van der Waals surface area contributed by atoms with Gasteiger partial charge in [0.2, 0.25) is 0 Å². The normalized spacial score (nSPS) is 22.2. The minimum atomic E-state index is -6.41. The molecule has 5 aliphatic heterocycles. The Morgan fingerprint density at radius 2 is 1.19 bits per heavy atom. The minimum absolute atomic E-state index is 0.393. The second kappa shape index (κ2) is 11.5. The van der Waals surface area contributed by atoms with Crippen LogP contribution < -0.4 is 0 Å². The fourth-order valence-electron chi connectivity index (χ4n) is 8.48. The zero-order valence-electron chi connectivity index (χ0n) is 27.2. The fourth-order valence-corrected chi connectivity index (χ4v) is 15.1. The van der Waals surface area contributed by atoms with Crippen molar-refractivity contribution in [3.63, 3.8) is 0 Å². The number of allylic oxidation sites excluding steroid dienone is 6. The maximum atomic E-state index is 18.2. The van der Waals surface area contributed by atoms with Crippen molar-refractivity contribution in [2.24, 2.45) is 9.98 Å². The van der Waals surface area contributed by atoms with E-state index in [9.17, 15) is 0 Å². The van der Waals surface area contributed by atoms with E-state index in [4.69, 9.17) is 9.98 Å². The summed E-state index contributed by atoms with van der Waals surface area (Å²) in [5.74, 6) is 0. The molecule has 0 fully saturated rings. The van der Waals surface area contributed by atoms with Crippen LogP contribution in [0.15, 0.2) is 66.6 Å². The number of rotatable bonds is 8. The molecule has 1 aromatic rings. The van der Waals surface area contributed by atoms with E-state index in [0.29, 0.717) is 30.7 Å². The molecule has 6 bridgehead atoms. The summed E-state index contributed by atoms with van der Waals surface area (Å²) < 4.78 is 39.6. The van der Waals surface area contributed by atoms with Gasteiger partial charge >= 0.3 is 264 Å². The molecular weight excluding hydrogens is 645 g/mol. The molecule has 0 aliphatic carbocycles. The summed E-state index contributed by atoms with van der Waals surface area (Å²) in [7, 11) is 0. The molecule has 0 radical (unpaired) electrons. The third-order valence-electron chi connectivity index (χ3n) is 10.3. The fraction of sp³-hybridized carbons (Fsp3) is 0.500. The van der Waals surface area contributed by atoms with Gasteiger partial charge in [-0.05, 0) is 0 Å². The molecular formula is C36H46F2N4Sn. The summed E-state index contributed by atoms with van der Waals surface area (Å²) in [6, 6.07) is -0.393. The maximum absolute atomic E-state index is 18.2. The number of hydrogen-bond donors (Lipinski definition) is 0. The van der Waals surface area contributed by atoms with E-state index in [1.807, 2.05) is 18.2 Å². The molecule has 0 aromatic carbocycles. The second-order valence-electron chi connectivity index (χ2n) is 12.1. The van der Waals surface area contributed by atoms with Crippen LogP contribution in [0.3, 0.4) is 0 Å². The first kappa shape index (κ1) is 30.5. The number of halogens is 2. The van der Waals surface area contributed by atoms with Crippen molar-refractivity contribution < 1.29 is 5.73 Å². The standard InChI is InChI=1S/C36H46N4.2FH.Sn/c1-9-21-22(10-2)30-18-32-25(13-5)26(14-6)34(39-32)20-36-28(16-8)27(15-7)35(40-36)19-33-24(12-4)23(11-3)31(38-33)17-29(21)37-30;;;/h17-19,34H,9-16,20H2,1-8H3;2*1H;/q-2;;;+4/p-2. The molecule has 5 aliphatic rings. The Morgan fingerprint density at radius 1 is 0.651 bits per heavy atom. The van der Waals surface area contributed by atoms with Crippen molar-refractivity contribution in [3.8, 4) is 0 Å². The van der Waals surface area contributed by atoms with Crippen molar-refractivity contribution >= 4 is 43.6 Å². The molecule has 6 rings (SSSR count). The van der Waals surface area contributed by atoms with Gasteiger partial charge in [-0.2, -0.15) is 0 Å². The molecule has 228 valence electrons. The molecule has 0 N–H and O–H groups in total. The van der Waals surface area contributed by atoms with E-state index in [1.165, 1.54) is 22.3 Å². The van der Waals surface area contributed by atoms with Gasteiger partial charge in [0.1, 0.15) is 0 Å². The number of nitrogens with zero attached hydrogens (tertiary/aromatic N) is 4. The van der Waals surface area contributed by atoms with Crippen LogP contribution in [0.25, 0.3) is 12.2 Å². The Morgan fingerprint density at radius 3 is 1.70 bits per heavy atom. The molecule has 0 amide bonds. The molecule has 1 unspecified atom stereocenters. The van der Waals surface area contributed by atoms with Gasteiger partial charge in [0.15, 0.2) is 0 Å². The van der Waals surface area contributed by atoms with E-state index in [1.54, 1.807) is 5.91 Å². The zero-order valence-corrected chi connectivity index (χ0v) is 30.1. The number of fused-ring (bicyclic) bond motifs is 2. The van der Waals surface area contributed by atoms with Gasteiger partial charge < -0.3 is 0 Å². The van der Waals surface area contributed by atoms with Gasteiger partial charge in [0, 0.05) is 0 Å². The molecule has 4 nitrogen and oxygen atoms in total. The average molecular weight is 691 g/mol. The van der Waals surface area contributed by atoms with Crippen molar-refractivity contribution in [2.45, 2.75) is 119 Å². The molecule has 43 heavy (non-hydrogen) atoms. The summed E-state index contributed by atoms with van der Waals surface area (Å²) in [6.45, 7) is 17.2. The Bertz CT molecular complexity index is 1650. The van der Waals surface area contributed by atoms with Crippen molar-refractivity contribution in [3.05, 3.63) is 79.1 Å². The Kier molecular flexibility index (Phi) is 8.14. The SMILES string of the molecule is CCC1=C(CC)C2=NC1=Cc1c(CC)c(CC)c3[n]1[Sn]([F])([F])[N]1C(=C2)C(CC)=C(CC)C1CC1=NC(=C3)C(CC)=C1CC. The molecule has 0 saturated carbocycles. The quantitative estimate of drug-likeness (QED) is 0.250. The van der Waals surface area contributed by atoms with E-state index < -0.39 is 26.1 Å². The Balaban J connectivity index is 1.83. The van der Waals surface area contributed by atoms with E-state index >= 15 is 5.73 Å². The first-order valence-electron chi connectivity index (χ1n) is 16.7. The van der Waals surface area contributed by atoms with Crippen molar-refractivity contribution in [1.29, 1.82) is 0 Å². The monoisotopic (exact) mass is 692 g/mol. The molecule has 0 saturated heterocycles.